The number of imidazole rings is 1. The third-order valence-electron chi connectivity index (χ3n) is 2.62. The molecular formula is C10H9N3O2. The molecule has 1 fully saturated rings. The fourth-order valence-corrected chi connectivity index (χ4v) is 1.75. The first-order chi connectivity index (χ1) is 7.27. The van der Waals surface area contributed by atoms with Crippen LogP contribution in [0.2, 0.25) is 0 Å². The summed E-state index contributed by atoms with van der Waals surface area (Å²) in [5, 5.41) is 9.00. The summed E-state index contributed by atoms with van der Waals surface area (Å²) >= 11 is 0. The molecule has 5 heteroatoms. The summed E-state index contributed by atoms with van der Waals surface area (Å²) in [6.45, 7) is 0. The second-order valence-electron chi connectivity index (χ2n) is 3.73. The molecule has 0 atom stereocenters. The maximum atomic E-state index is 11.0. The molecule has 76 valence electrons. The zero-order valence-electron chi connectivity index (χ0n) is 7.92. The highest BCUT2D eigenvalue weighted by Gasteiger charge is 2.30. The first-order valence-corrected chi connectivity index (χ1v) is 4.82. The van der Waals surface area contributed by atoms with Crippen LogP contribution in [0.3, 0.4) is 0 Å². The van der Waals surface area contributed by atoms with Crippen LogP contribution >= 0.6 is 0 Å². The Bertz CT molecular complexity index is 543. The second-order valence-corrected chi connectivity index (χ2v) is 3.73. The summed E-state index contributed by atoms with van der Waals surface area (Å²) in [7, 11) is 0. The fourth-order valence-electron chi connectivity index (χ4n) is 1.75. The molecule has 5 nitrogen and oxygen atoms in total. The lowest BCUT2D eigenvalue weighted by Gasteiger charge is -1.95. The number of aromatic carboxylic acids is 1. The van der Waals surface area contributed by atoms with Crippen molar-refractivity contribution in [3.8, 4) is 0 Å². The third-order valence-corrected chi connectivity index (χ3v) is 2.62. The van der Waals surface area contributed by atoms with Gasteiger partial charge >= 0.3 is 5.97 Å². The minimum Gasteiger partial charge on any atom is -0.476 e. The quantitative estimate of drug-likeness (QED) is 0.798. The van der Waals surface area contributed by atoms with Gasteiger partial charge in [-0.2, -0.15) is 0 Å². The maximum Gasteiger partial charge on any atom is 0.356 e. The molecular weight excluding hydrogens is 194 g/mol. The van der Waals surface area contributed by atoms with Crippen molar-refractivity contribution in [2.45, 2.75) is 18.8 Å². The van der Waals surface area contributed by atoms with Crippen molar-refractivity contribution >= 4 is 11.5 Å². The number of carboxylic acids is 1. The number of aromatic nitrogens is 3. The topological polar surface area (TPSA) is 67.5 Å². The largest absolute Gasteiger partial charge is 0.476 e. The SMILES string of the molecule is O=C(O)c1nc(C2CC2)n2cnccc12. The molecule has 0 saturated heterocycles. The van der Waals surface area contributed by atoms with Gasteiger partial charge < -0.3 is 5.11 Å². The second kappa shape index (κ2) is 2.79. The molecule has 1 N–H and O–H groups in total. The first kappa shape index (κ1) is 8.40. The Kier molecular flexibility index (Phi) is 1.56. The number of hydrogen-bond acceptors (Lipinski definition) is 3. The molecule has 3 rings (SSSR count). The van der Waals surface area contributed by atoms with Crippen molar-refractivity contribution in [1.82, 2.24) is 14.4 Å². The predicted octanol–water partition coefficient (Wildman–Crippen LogP) is 1.30. The molecule has 0 bridgehead atoms. The van der Waals surface area contributed by atoms with Crippen LogP contribution in [0.1, 0.15) is 35.1 Å². The van der Waals surface area contributed by atoms with Gasteiger partial charge in [-0.15, -0.1) is 0 Å². The van der Waals surface area contributed by atoms with E-state index in [4.69, 9.17) is 5.11 Å². The molecule has 1 saturated carbocycles. The van der Waals surface area contributed by atoms with Gasteiger partial charge in [-0.25, -0.2) is 14.8 Å². The van der Waals surface area contributed by atoms with E-state index in [1.54, 1.807) is 23.0 Å². The molecule has 0 unspecified atom stereocenters. The van der Waals surface area contributed by atoms with Gasteiger partial charge in [-0.05, 0) is 18.9 Å². The number of hydrogen-bond donors (Lipinski definition) is 1. The minimum atomic E-state index is -0.981. The van der Waals surface area contributed by atoms with E-state index in [9.17, 15) is 4.79 Å². The Balaban J connectivity index is 2.32. The van der Waals surface area contributed by atoms with Gasteiger partial charge in [0.25, 0.3) is 0 Å². The van der Waals surface area contributed by atoms with Gasteiger partial charge in [0.15, 0.2) is 5.69 Å². The zero-order chi connectivity index (χ0) is 10.4. The average Bonchev–Trinajstić information content (AvgIpc) is 2.99. The molecule has 2 heterocycles. The fraction of sp³-hybridized carbons (Fsp3) is 0.300. The molecule has 0 radical (unpaired) electrons. The molecule has 2 aromatic heterocycles. The lowest BCUT2D eigenvalue weighted by Crippen LogP contribution is -1.97. The molecule has 1 aliphatic carbocycles. The predicted molar refractivity (Wildman–Crippen MR) is 51.9 cm³/mol. The summed E-state index contributed by atoms with van der Waals surface area (Å²) in [5.41, 5.74) is 0.749. The maximum absolute atomic E-state index is 11.0. The van der Waals surface area contributed by atoms with Crippen LogP contribution in [-0.2, 0) is 0 Å². The smallest absolute Gasteiger partial charge is 0.356 e. The van der Waals surface area contributed by atoms with Crippen molar-refractivity contribution in [3.05, 3.63) is 30.1 Å². The van der Waals surface area contributed by atoms with E-state index in [2.05, 4.69) is 9.97 Å². The number of carboxylic acid groups (broad SMARTS) is 1. The monoisotopic (exact) mass is 203 g/mol. The highest BCUT2D eigenvalue weighted by molar-refractivity contribution is 5.93. The average molecular weight is 203 g/mol. The molecule has 0 amide bonds. The van der Waals surface area contributed by atoms with Crippen molar-refractivity contribution in [3.63, 3.8) is 0 Å². The van der Waals surface area contributed by atoms with Gasteiger partial charge in [0.05, 0.1) is 5.52 Å². The number of nitrogens with zero attached hydrogens (tertiary/aromatic N) is 3. The van der Waals surface area contributed by atoms with Gasteiger partial charge in [0, 0.05) is 12.1 Å². The van der Waals surface area contributed by atoms with Crippen molar-refractivity contribution in [2.24, 2.45) is 0 Å². The summed E-state index contributed by atoms with van der Waals surface area (Å²) in [6.07, 6.45) is 5.39. The Morgan fingerprint density at radius 2 is 2.33 bits per heavy atom. The van der Waals surface area contributed by atoms with Crippen LogP contribution in [0.5, 0.6) is 0 Å². The van der Waals surface area contributed by atoms with Crippen molar-refractivity contribution < 1.29 is 9.90 Å². The highest BCUT2D eigenvalue weighted by Crippen LogP contribution is 2.39. The summed E-state index contributed by atoms with van der Waals surface area (Å²) in [4.78, 5) is 19.1. The summed E-state index contributed by atoms with van der Waals surface area (Å²) in [5.74, 6) is 0.260. The third kappa shape index (κ3) is 1.20. The molecule has 0 aromatic carbocycles. The van der Waals surface area contributed by atoms with E-state index in [1.165, 1.54) is 0 Å². The Hall–Kier alpha value is -1.91. The number of fused-ring (bicyclic) bond motifs is 1. The normalized spacial score (nSPS) is 15.7. The van der Waals surface area contributed by atoms with Crippen LogP contribution in [0.15, 0.2) is 18.6 Å². The Morgan fingerprint density at radius 3 is 3.00 bits per heavy atom. The zero-order valence-corrected chi connectivity index (χ0v) is 7.92. The summed E-state index contributed by atoms with van der Waals surface area (Å²) < 4.78 is 1.78. The molecule has 0 aliphatic heterocycles. The van der Waals surface area contributed by atoms with Gasteiger partial charge in [-0.1, -0.05) is 0 Å². The minimum absolute atomic E-state index is 0.124. The van der Waals surface area contributed by atoms with Crippen LogP contribution in [0.25, 0.3) is 5.52 Å². The summed E-state index contributed by atoms with van der Waals surface area (Å²) in [6, 6.07) is 1.68. The molecule has 2 aromatic rings. The molecule has 1 aliphatic rings. The molecule has 15 heavy (non-hydrogen) atoms. The van der Waals surface area contributed by atoms with E-state index in [0.29, 0.717) is 11.4 Å². The number of rotatable bonds is 2. The van der Waals surface area contributed by atoms with E-state index < -0.39 is 5.97 Å². The standard InChI is InChI=1S/C10H9N3O2/c14-10(15)8-7-3-4-11-5-13(7)9(12-8)6-1-2-6/h3-6H,1-2H2,(H,14,15). The lowest BCUT2D eigenvalue weighted by molar-refractivity contribution is 0.0693. The van der Waals surface area contributed by atoms with Gasteiger partial charge in [0.1, 0.15) is 12.2 Å². The van der Waals surface area contributed by atoms with Crippen LogP contribution < -0.4 is 0 Å². The van der Waals surface area contributed by atoms with Crippen molar-refractivity contribution in [2.75, 3.05) is 0 Å². The number of carbonyl (C=O) groups is 1. The van der Waals surface area contributed by atoms with E-state index in [-0.39, 0.29) is 5.69 Å². The van der Waals surface area contributed by atoms with E-state index in [0.717, 1.165) is 18.7 Å². The van der Waals surface area contributed by atoms with E-state index >= 15 is 0 Å². The van der Waals surface area contributed by atoms with Crippen LogP contribution in [0, 0.1) is 0 Å². The Morgan fingerprint density at radius 1 is 1.53 bits per heavy atom. The van der Waals surface area contributed by atoms with Crippen LogP contribution in [0.4, 0.5) is 0 Å². The van der Waals surface area contributed by atoms with Gasteiger partial charge in [0.2, 0.25) is 0 Å². The van der Waals surface area contributed by atoms with Gasteiger partial charge in [-0.3, -0.25) is 4.40 Å². The van der Waals surface area contributed by atoms with Crippen molar-refractivity contribution in [1.29, 1.82) is 0 Å². The van der Waals surface area contributed by atoms with Crippen LogP contribution in [-0.4, -0.2) is 25.4 Å². The highest BCUT2D eigenvalue weighted by atomic mass is 16.4. The lowest BCUT2D eigenvalue weighted by atomic mass is 10.4. The first-order valence-electron chi connectivity index (χ1n) is 4.82. The Labute approximate surface area is 85.4 Å². The molecule has 0 spiro atoms. The van der Waals surface area contributed by atoms with E-state index in [1.807, 2.05) is 0 Å².